The molecular formula is C19H20N8. The molecule has 0 spiro atoms. The average Bonchev–Trinajstić information content (AvgIpc) is 3.44. The van der Waals surface area contributed by atoms with Gasteiger partial charge in [0.05, 0.1) is 18.0 Å². The molecule has 2 aliphatic heterocycles. The smallest absolute Gasteiger partial charge is 0.228 e. The fourth-order valence-corrected chi connectivity index (χ4v) is 4.50. The van der Waals surface area contributed by atoms with Crippen LogP contribution in [0.3, 0.4) is 0 Å². The van der Waals surface area contributed by atoms with Gasteiger partial charge in [-0.3, -0.25) is 4.68 Å². The second-order valence-electron chi connectivity index (χ2n) is 7.60. The van der Waals surface area contributed by atoms with Gasteiger partial charge in [0.15, 0.2) is 5.65 Å². The van der Waals surface area contributed by atoms with E-state index in [1.165, 1.54) is 0 Å². The van der Waals surface area contributed by atoms with Crippen LogP contribution in [-0.4, -0.2) is 55.9 Å². The van der Waals surface area contributed by atoms with Gasteiger partial charge in [-0.2, -0.15) is 10.1 Å². The number of fused-ring (bicyclic) bond motifs is 3. The number of hydrogen-bond donors (Lipinski definition) is 2. The maximum Gasteiger partial charge on any atom is 0.228 e. The van der Waals surface area contributed by atoms with E-state index in [2.05, 4.69) is 43.5 Å². The number of aryl methyl sites for hydroxylation is 1. The van der Waals surface area contributed by atoms with Gasteiger partial charge in [0, 0.05) is 44.2 Å². The fraction of sp³-hybridized carbons (Fsp3) is 0.368. The molecule has 2 fully saturated rings. The molecular weight excluding hydrogens is 340 g/mol. The Morgan fingerprint density at radius 3 is 2.81 bits per heavy atom. The molecule has 8 heteroatoms. The second-order valence-corrected chi connectivity index (χ2v) is 7.60. The minimum Gasteiger partial charge on any atom is -0.341 e. The van der Waals surface area contributed by atoms with E-state index in [0.29, 0.717) is 11.8 Å². The van der Waals surface area contributed by atoms with Crippen LogP contribution in [0.15, 0.2) is 30.7 Å². The Kier molecular flexibility index (Phi) is 3.07. The van der Waals surface area contributed by atoms with Gasteiger partial charge in [-0.25, -0.2) is 9.97 Å². The van der Waals surface area contributed by atoms with Crippen molar-refractivity contribution in [2.24, 2.45) is 18.9 Å². The summed E-state index contributed by atoms with van der Waals surface area (Å²) < 4.78 is 1.88. The van der Waals surface area contributed by atoms with Crippen molar-refractivity contribution in [2.45, 2.75) is 0 Å². The molecule has 8 nitrogen and oxygen atoms in total. The molecule has 6 rings (SSSR count). The van der Waals surface area contributed by atoms with E-state index in [1.54, 1.807) is 6.33 Å². The van der Waals surface area contributed by atoms with Crippen LogP contribution in [0.1, 0.15) is 0 Å². The molecule has 4 aromatic rings. The molecule has 0 bridgehead atoms. The third-order valence-corrected chi connectivity index (χ3v) is 5.97. The molecule has 0 saturated carbocycles. The topological polar surface area (TPSA) is 87.6 Å². The number of benzene rings is 1. The molecule has 3 aromatic heterocycles. The van der Waals surface area contributed by atoms with Crippen LogP contribution in [0.5, 0.6) is 0 Å². The van der Waals surface area contributed by atoms with E-state index in [4.69, 9.17) is 9.97 Å². The van der Waals surface area contributed by atoms with Gasteiger partial charge in [-0.15, -0.1) is 0 Å². The first-order chi connectivity index (χ1) is 13.3. The third kappa shape index (κ3) is 2.26. The number of nitrogens with zero attached hydrogens (tertiary/aromatic N) is 6. The van der Waals surface area contributed by atoms with Gasteiger partial charge in [-0.1, -0.05) is 6.07 Å². The molecule has 0 unspecified atom stereocenters. The van der Waals surface area contributed by atoms with Gasteiger partial charge in [0.2, 0.25) is 5.95 Å². The Labute approximate surface area is 155 Å². The summed E-state index contributed by atoms with van der Waals surface area (Å²) in [5.41, 5.74) is 4.65. The lowest BCUT2D eigenvalue weighted by Gasteiger charge is -2.18. The lowest BCUT2D eigenvalue weighted by molar-refractivity contribution is 0.533. The summed E-state index contributed by atoms with van der Waals surface area (Å²) in [5, 5.41) is 8.93. The second kappa shape index (κ2) is 5.50. The zero-order valence-electron chi connectivity index (χ0n) is 15.1. The predicted molar refractivity (Wildman–Crippen MR) is 103 cm³/mol. The number of nitrogens with one attached hydrogen (secondary N) is 2. The number of anilines is 1. The molecule has 0 amide bonds. The Morgan fingerprint density at radius 2 is 1.96 bits per heavy atom. The van der Waals surface area contributed by atoms with Crippen LogP contribution in [0.2, 0.25) is 0 Å². The monoisotopic (exact) mass is 360 g/mol. The van der Waals surface area contributed by atoms with E-state index in [-0.39, 0.29) is 0 Å². The maximum absolute atomic E-state index is 4.96. The van der Waals surface area contributed by atoms with Crippen molar-refractivity contribution in [1.82, 2.24) is 35.0 Å². The van der Waals surface area contributed by atoms with Gasteiger partial charge < -0.3 is 15.2 Å². The highest BCUT2D eigenvalue weighted by atomic mass is 15.3. The van der Waals surface area contributed by atoms with E-state index < -0.39 is 0 Å². The highest BCUT2D eigenvalue weighted by molar-refractivity contribution is 5.92. The van der Waals surface area contributed by atoms with Crippen molar-refractivity contribution < 1.29 is 0 Å². The zero-order valence-corrected chi connectivity index (χ0v) is 15.1. The third-order valence-electron chi connectivity index (χ3n) is 5.97. The highest BCUT2D eigenvalue weighted by Gasteiger charge is 2.37. The number of H-pyrrole nitrogens is 1. The van der Waals surface area contributed by atoms with Crippen molar-refractivity contribution in [2.75, 3.05) is 31.1 Å². The SMILES string of the molecule is Cn1ncc2cc(-c3nc(N4C[C@H]5CNC[C@H]5C4)nc4nc[nH]c34)ccc21. The maximum atomic E-state index is 4.96. The summed E-state index contributed by atoms with van der Waals surface area (Å²) in [6.07, 6.45) is 3.58. The summed E-state index contributed by atoms with van der Waals surface area (Å²) in [4.78, 5) is 19.6. The van der Waals surface area contributed by atoms with Crippen molar-refractivity contribution in [3.63, 3.8) is 0 Å². The standard InChI is InChI=1S/C19H20N8/c1-26-15-3-2-11(4-12(15)7-23-26)16-17-18(22-10-21-17)25-19(24-16)27-8-13-5-20-6-14(13)9-27/h2-4,7,10,13-14,20H,5-6,8-9H2,1H3,(H,21,22,24,25)/t13-,14+. The van der Waals surface area contributed by atoms with Crippen molar-refractivity contribution in [3.05, 3.63) is 30.7 Å². The normalized spacial score (nSPS) is 22.2. The van der Waals surface area contributed by atoms with Gasteiger partial charge in [0.25, 0.3) is 0 Å². The number of rotatable bonds is 2. The first kappa shape index (κ1) is 15.1. The minimum atomic E-state index is 0.693. The van der Waals surface area contributed by atoms with Crippen molar-refractivity contribution in [1.29, 1.82) is 0 Å². The van der Waals surface area contributed by atoms with Crippen molar-refractivity contribution >= 4 is 28.0 Å². The molecule has 2 atom stereocenters. The fourth-order valence-electron chi connectivity index (χ4n) is 4.50. The largest absolute Gasteiger partial charge is 0.341 e. The van der Waals surface area contributed by atoms with Crippen LogP contribution in [0.4, 0.5) is 5.95 Å². The van der Waals surface area contributed by atoms with Crippen molar-refractivity contribution in [3.8, 4) is 11.3 Å². The predicted octanol–water partition coefficient (Wildman–Crippen LogP) is 1.56. The van der Waals surface area contributed by atoms with Crippen LogP contribution >= 0.6 is 0 Å². The summed E-state index contributed by atoms with van der Waals surface area (Å²) in [7, 11) is 1.96. The lowest BCUT2D eigenvalue weighted by Crippen LogP contribution is -2.27. The number of hydrogen-bond acceptors (Lipinski definition) is 6. The first-order valence-electron chi connectivity index (χ1n) is 9.35. The molecule has 5 heterocycles. The Bertz CT molecular complexity index is 1150. The van der Waals surface area contributed by atoms with Gasteiger partial charge in [0.1, 0.15) is 11.2 Å². The van der Waals surface area contributed by atoms with Crippen LogP contribution < -0.4 is 10.2 Å². The minimum absolute atomic E-state index is 0.693. The molecule has 0 aliphatic carbocycles. The van der Waals surface area contributed by atoms with Crippen LogP contribution in [0, 0.1) is 11.8 Å². The number of aromatic amines is 1. The summed E-state index contributed by atoms with van der Waals surface area (Å²) >= 11 is 0. The van der Waals surface area contributed by atoms with E-state index in [1.807, 2.05) is 17.9 Å². The summed E-state index contributed by atoms with van der Waals surface area (Å²) in [6, 6.07) is 6.32. The Hall–Kier alpha value is -3.00. The van der Waals surface area contributed by atoms with Crippen LogP contribution in [0.25, 0.3) is 33.3 Å². The number of aromatic nitrogens is 6. The van der Waals surface area contributed by atoms with Crippen LogP contribution in [-0.2, 0) is 7.05 Å². The molecule has 0 radical (unpaired) electrons. The zero-order chi connectivity index (χ0) is 18.0. The average molecular weight is 360 g/mol. The summed E-state index contributed by atoms with van der Waals surface area (Å²) in [6.45, 7) is 4.20. The quantitative estimate of drug-likeness (QED) is 0.564. The highest BCUT2D eigenvalue weighted by Crippen LogP contribution is 2.32. The molecule has 27 heavy (non-hydrogen) atoms. The molecule has 136 valence electrons. The summed E-state index contributed by atoms with van der Waals surface area (Å²) in [5.74, 6) is 2.17. The molecule has 2 aliphatic rings. The van der Waals surface area contributed by atoms with Gasteiger partial charge >= 0.3 is 0 Å². The van der Waals surface area contributed by atoms with E-state index in [0.717, 1.165) is 65.5 Å². The molecule has 1 aromatic carbocycles. The number of imidazole rings is 1. The lowest BCUT2D eigenvalue weighted by atomic mass is 10.0. The van der Waals surface area contributed by atoms with E-state index >= 15 is 0 Å². The van der Waals surface area contributed by atoms with E-state index in [9.17, 15) is 0 Å². The first-order valence-corrected chi connectivity index (χ1v) is 9.35. The Morgan fingerprint density at radius 1 is 1.11 bits per heavy atom. The molecule has 2 N–H and O–H groups in total. The molecule has 2 saturated heterocycles. The Balaban J connectivity index is 1.48. The van der Waals surface area contributed by atoms with Gasteiger partial charge in [-0.05, 0) is 24.0 Å².